The fraction of sp³-hybridized carbons (Fsp3) is 0.778. The maximum absolute atomic E-state index is 6.18. The minimum Gasteiger partial charge on any atom is -0.323 e. The number of hydrogen-bond donors (Lipinski definition) is 1. The molecule has 1 aromatic heterocycles. The smallest absolute Gasteiger partial charge is 0.125 e. The molecular weight excluding hydrogens is 258 g/mol. The van der Waals surface area contributed by atoms with Gasteiger partial charge in [0.2, 0.25) is 0 Å². The Morgan fingerprint density at radius 2 is 1.52 bits per heavy atom. The number of nitrogens with two attached hydrogens (primary N) is 1. The number of rotatable bonds is 12. The van der Waals surface area contributed by atoms with Crippen molar-refractivity contribution < 1.29 is 0 Å². The molecule has 3 nitrogen and oxygen atoms in total. The Hall–Kier alpha value is -0.960. The van der Waals surface area contributed by atoms with Gasteiger partial charge in [-0.3, -0.25) is 0 Å². The molecule has 0 saturated carbocycles. The van der Waals surface area contributed by atoms with Crippen molar-refractivity contribution in [3.05, 3.63) is 23.8 Å². The van der Waals surface area contributed by atoms with E-state index in [4.69, 9.17) is 5.73 Å². The summed E-state index contributed by atoms with van der Waals surface area (Å²) in [6.45, 7) is 4.18. The fourth-order valence-corrected chi connectivity index (χ4v) is 2.68. The van der Waals surface area contributed by atoms with Crippen LogP contribution in [0.4, 0.5) is 0 Å². The van der Waals surface area contributed by atoms with Crippen LogP contribution in [0.1, 0.15) is 95.1 Å². The third kappa shape index (κ3) is 8.82. The lowest BCUT2D eigenvalue weighted by molar-refractivity contribution is 0.524. The number of hydrogen-bond acceptors (Lipinski definition) is 3. The molecule has 0 saturated heterocycles. The summed E-state index contributed by atoms with van der Waals surface area (Å²) in [6.07, 6.45) is 16.5. The Kier molecular flexibility index (Phi) is 10.1. The van der Waals surface area contributed by atoms with Gasteiger partial charge in [0.1, 0.15) is 5.82 Å². The highest BCUT2D eigenvalue weighted by atomic mass is 14.9. The molecule has 1 unspecified atom stereocenters. The quantitative estimate of drug-likeness (QED) is 0.545. The third-order valence-electron chi connectivity index (χ3n) is 4.05. The summed E-state index contributed by atoms with van der Waals surface area (Å²) in [5, 5.41) is 0. The Morgan fingerprint density at radius 1 is 0.952 bits per heavy atom. The Labute approximate surface area is 130 Å². The van der Waals surface area contributed by atoms with Crippen LogP contribution in [0.15, 0.2) is 12.3 Å². The molecule has 21 heavy (non-hydrogen) atoms. The first-order valence-corrected chi connectivity index (χ1v) is 8.79. The normalized spacial score (nSPS) is 12.5. The zero-order valence-electron chi connectivity index (χ0n) is 14.0. The molecule has 0 radical (unpaired) electrons. The van der Waals surface area contributed by atoms with Gasteiger partial charge in [0.05, 0.1) is 5.69 Å². The predicted molar refractivity (Wildman–Crippen MR) is 90.2 cm³/mol. The van der Waals surface area contributed by atoms with E-state index in [2.05, 4.69) is 16.9 Å². The van der Waals surface area contributed by atoms with Crippen LogP contribution in [0.3, 0.4) is 0 Å². The van der Waals surface area contributed by atoms with Crippen molar-refractivity contribution in [2.24, 2.45) is 5.73 Å². The van der Waals surface area contributed by atoms with Crippen molar-refractivity contribution in [2.45, 2.75) is 90.5 Å². The first-order valence-electron chi connectivity index (χ1n) is 8.79. The lowest BCUT2D eigenvalue weighted by atomic mass is 10.0. The lowest BCUT2D eigenvalue weighted by Crippen LogP contribution is -2.12. The molecule has 3 heteroatoms. The molecule has 0 aromatic carbocycles. The molecule has 0 aliphatic heterocycles. The second kappa shape index (κ2) is 11.7. The molecule has 0 spiro atoms. The van der Waals surface area contributed by atoms with Crippen LogP contribution in [-0.2, 0) is 0 Å². The molecular formula is C18H33N3. The zero-order valence-corrected chi connectivity index (χ0v) is 14.0. The van der Waals surface area contributed by atoms with Crippen LogP contribution in [0.2, 0.25) is 0 Å². The Balaban J connectivity index is 1.96. The molecule has 2 N–H and O–H groups in total. The van der Waals surface area contributed by atoms with E-state index in [0.29, 0.717) is 0 Å². The molecule has 120 valence electrons. The first-order chi connectivity index (χ1) is 10.2. The standard InChI is InChI=1S/C18H33N3/c1-3-4-5-6-7-8-9-10-11-12-13-17(19)18-14-15-20-16(2)21-18/h14-15,17H,3-13,19H2,1-2H3. The van der Waals surface area contributed by atoms with Crippen LogP contribution >= 0.6 is 0 Å². The number of aromatic nitrogens is 2. The van der Waals surface area contributed by atoms with Gasteiger partial charge in [0, 0.05) is 12.2 Å². The van der Waals surface area contributed by atoms with E-state index in [1.165, 1.54) is 64.2 Å². The predicted octanol–water partition coefficient (Wildman–Crippen LogP) is 5.10. The molecule has 0 amide bonds. The second-order valence-corrected chi connectivity index (χ2v) is 6.11. The van der Waals surface area contributed by atoms with Crippen molar-refractivity contribution in [2.75, 3.05) is 0 Å². The van der Waals surface area contributed by atoms with E-state index in [1.54, 1.807) is 6.20 Å². The fourth-order valence-electron chi connectivity index (χ4n) is 2.68. The van der Waals surface area contributed by atoms with Gasteiger partial charge in [0.15, 0.2) is 0 Å². The van der Waals surface area contributed by atoms with Crippen molar-refractivity contribution in [1.29, 1.82) is 0 Å². The molecule has 1 rings (SSSR count). The summed E-state index contributed by atoms with van der Waals surface area (Å²) >= 11 is 0. The SMILES string of the molecule is CCCCCCCCCCCCC(N)c1ccnc(C)n1. The minimum absolute atomic E-state index is 0.0701. The summed E-state index contributed by atoms with van der Waals surface area (Å²) in [7, 11) is 0. The first kappa shape index (κ1) is 18.1. The van der Waals surface area contributed by atoms with Gasteiger partial charge < -0.3 is 5.73 Å². The summed E-state index contributed by atoms with van der Waals surface area (Å²) in [5.74, 6) is 0.811. The van der Waals surface area contributed by atoms with E-state index in [1.807, 2.05) is 13.0 Å². The summed E-state index contributed by atoms with van der Waals surface area (Å²) in [5.41, 5.74) is 7.17. The topological polar surface area (TPSA) is 51.8 Å². The lowest BCUT2D eigenvalue weighted by Gasteiger charge is -2.11. The van der Waals surface area contributed by atoms with Gasteiger partial charge in [-0.1, -0.05) is 71.1 Å². The van der Waals surface area contributed by atoms with E-state index < -0.39 is 0 Å². The van der Waals surface area contributed by atoms with Crippen molar-refractivity contribution in [3.8, 4) is 0 Å². The number of aryl methyl sites for hydroxylation is 1. The van der Waals surface area contributed by atoms with Crippen LogP contribution in [0, 0.1) is 6.92 Å². The highest BCUT2D eigenvalue weighted by molar-refractivity contribution is 5.06. The number of nitrogens with zero attached hydrogens (tertiary/aromatic N) is 2. The van der Waals surface area contributed by atoms with Gasteiger partial charge in [0.25, 0.3) is 0 Å². The van der Waals surface area contributed by atoms with Crippen LogP contribution in [0.5, 0.6) is 0 Å². The van der Waals surface area contributed by atoms with Crippen molar-refractivity contribution in [3.63, 3.8) is 0 Å². The molecule has 0 aliphatic carbocycles. The summed E-state index contributed by atoms with van der Waals surface area (Å²) in [6, 6.07) is 2.01. The maximum Gasteiger partial charge on any atom is 0.125 e. The zero-order chi connectivity index (χ0) is 15.3. The minimum atomic E-state index is 0.0701. The van der Waals surface area contributed by atoms with E-state index >= 15 is 0 Å². The van der Waals surface area contributed by atoms with Crippen LogP contribution in [0.25, 0.3) is 0 Å². The van der Waals surface area contributed by atoms with Gasteiger partial charge in [-0.15, -0.1) is 0 Å². The number of unbranched alkanes of at least 4 members (excludes halogenated alkanes) is 9. The average Bonchev–Trinajstić information content (AvgIpc) is 2.49. The van der Waals surface area contributed by atoms with Gasteiger partial charge in [-0.2, -0.15) is 0 Å². The maximum atomic E-state index is 6.18. The Morgan fingerprint density at radius 3 is 2.10 bits per heavy atom. The molecule has 0 fully saturated rings. The van der Waals surface area contributed by atoms with Crippen LogP contribution in [-0.4, -0.2) is 9.97 Å². The highest BCUT2D eigenvalue weighted by Gasteiger charge is 2.07. The monoisotopic (exact) mass is 291 g/mol. The molecule has 1 heterocycles. The van der Waals surface area contributed by atoms with E-state index in [9.17, 15) is 0 Å². The van der Waals surface area contributed by atoms with Crippen molar-refractivity contribution >= 4 is 0 Å². The molecule has 1 atom stereocenters. The molecule has 0 bridgehead atoms. The van der Waals surface area contributed by atoms with Crippen LogP contribution < -0.4 is 5.73 Å². The summed E-state index contributed by atoms with van der Waals surface area (Å²) < 4.78 is 0. The van der Waals surface area contributed by atoms with Gasteiger partial charge in [-0.05, 0) is 19.4 Å². The largest absolute Gasteiger partial charge is 0.323 e. The van der Waals surface area contributed by atoms with Crippen molar-refractivity contribution in [1.82, 2.24) is 9.97 Å². The Bertz CT molecular complexity index is 365. The van der Waals surface area contributed by atoms with E-state index in [-0.39, 0.29) is 6.04 Å². The molecule has 1 aromatic rings. The second-order valence-electron chi connectivity index (χ2n) is 6.11. The van der Waals surface area contributed by atoms with E-state index in [0.717, 1.165) is 17.9 Å². The average molecular weight is 291 g/mol. The third-order valence-corrected chi connectivity index (χ3v) is 4.05. The highest BCUT2D eigenvalue weighted by Crippen LogP contribution is 2.16. The van der Waals surface area contributed by atoms with Gasteiger partial charge in [-0.25, -0.2) is 9.97 Å². The molecule has 0 aliphatic rings. The summed E-state index contributed by atoms with van der Waals surface area (Å²) in [4.78, 5) is 8.51. The van der Waals surface area contributed by atoms with Gasteiger partial charge >= 0.3 is 0 Å².